The van der Waals surface area contributed by atoms with Crippen molar-refractivity contribution in [2.24, 2.45) is 0 Å². The average Bonchev–Trinajstić information content (AvgIpc) is 2.84. The van der Waals surface area contributed by atoms with Crippen LogP contribution in [0.25, 0.3) is 0 Å². The van der Waals surface area contributed by atoms with Gasteiger partial charge in [-0.15, -0.1) is 0 Å². The number of hydrogen-bond donors (Lipinski definition) is 2. The van der Waals surface area contributed by atoms with Crippen LogP contribution in [0.15, 0.2) is 42.5 Å². The van der Waals surface area contributed by atoms with Crippen molar-refractivity contribution in [3.8, 4) is 0 Å². The zero-order valence-electron chi connectivity index (χ0n) is 20.0. The molecule has 0 spiro atoms. The van der Waals surface area contributed by atoms with Crippen LogP contribution in [-0.2, 0) is 6.42 Å². The number of hydrogen-bond acceptors (Lipinski definition) is 4. The Balaban J connectivity index is 1.19. The van der Waals surface area contributed by atoms with Crippen LogP contribution in [0.1, 0.15) is 25.3 Å². The number of urea groups is 1. The summed E-state index contributed by atoms with van der Waals surface area (Å²) in [5.41, 5.74) is 0.720. The van der Waals surface area contributed by atoms with Crippen molar-refractivity contribution in [2.45, 2.75) is 37.8 Å². The summed E-state index contributed by atoms with van der Waals surface area (Å²) in [6.07, 6.45) is 2.04. The molecule has 0 saturated carbocycles. The Hall–Kier alpha value is -2.78. The maximum absolute atomic E-state index is 13.6. The van der Waals surface area contributed by atoms with E-state index in [2.05, 4.69) is 10.2 Å². The van der Waals surface area contributed by atoms with Gasteiger partial charge in [-0.05, 0) is 25.3 Å². The number of nitrogens with zero attached hydrogens (tertiary/aromatic N) is 3. The van der Waals surface area contributed by atoms with E-state index in [0.29, 0.717) is 52.0 Å². The van der Waals surface area contributed by atoms with Crippen molar-refractivity contribution < 1.29 is 23.1 Å². The summed E-state index contributed by atoms with van der Waals surface area (Å²) in [5, 5.41) is 13.9. The number of carbonyl (C=O) groups excluding carboxylic acids is 1. The molecule has 190 valence electrons. The number of piperazine rings is 1. The number of benzene rings is 2. The number of piperidine rings is 1. The van der Waals surface area contributed by atoms with Crippen molar-refractivity contribution in [1.29, 1.82) is 0 Å². The molecule has 0 aliphatic carbocycles. The van der Waals surface area contributed by atoms with Crippen LogP contribution in [0.2, 0.25) is 0 Å². The van der Waals surface area contributed by atoms with Gasteiger partial charge in [0.05, 0.1) is 5.60 Å². The Morgan fingerprint density at radius 1 is 1.06 bits per heavy atom. The summed E-state index contributed by atoms with van der Waals surface area (Å²) < 4.78 is 40.4. The number of aliphatic hydroxyl groups is 1. The number of amides is 2. The fourth-order valence-electron chi connectivity index (χ4n) is 4.99. The summed E-state index contributed by atoms with van der Waals surface area (Å²) in [5.74, 6) is -3.91. The molecule has 1 atom stereocenters. The molecule has 4 rings (SSSR count). The van der Waals surface area contributed by atoms with Gasteiger partial charge in [0.15, 0.2) is 17.5 Å². The first-order chi connectivity index (χ1) is 16.7. The Morgan fingerprint density at radius 3 is 2.34 bits per heavy atom. The van der Waals surface area contributed by atoms with E-state index in [0.717, 1.165) is 30.8 Å². The second-order valence-electron chi connectivity index (χ2n) is 9.67. The first kappa shape index (κ1) is 25.3. The molecule has 6 nitrogen and oxygen atoms in total. The van der Waals surface area contributed by atoms with Gasteiger partial charge in [0.25, 0.3) is 0 Å². The van der Waals surface area contributed by atoms with Crippen molar-refractivity contribution in [2.75, 3.05) is 50.7 Å². The average molecular weight is 491 g/mol. The Labute approximate surface area is 204 Å². The Morgan fingerprint density at radius 2 is 1.71 bits per heavy atom. The first-order valence-electron chi connectivity index (χ1n) is 12.2. The molecule has 2 heterocycles. The van der Waals surface area contributed by atoms with Crippen molar-refractivity contribution >= 4 is 11.7 Å². The highest BCUT2D eigenvalue weighted by Crippen LogP contribution is 2.26. The number of carbonyl (C=O) groups is 1. The number of halogens is 3. The Kier molecular flexibility index (Phi) is 7.86. The van der Waals surface area contributed by atoms with Gasteiger partial charge >= 0.3 is 6.03 Å². The summed E-state index contributed by atoms with van der Waals surface area (Å²) in [6, 6.07) is 11.6. The van der Waals surface area contributed by atoms with Crippen molar-refractivity contribution in [3.63, 3.8) is 0 Å². The molecule has 2 amide bonds. The lowest BCUT2D eigenvalue weighted by molar-refractivity contribution is -0.0202. The zero-order chi connectivity index (χ0) is 25.0. The molecule has 2 aliphatic rings. The van der Waals surface area contributed by atoms with Gasteiger partial charge in [-0.3, -0.25) is 0 Å². The van der Waals surface area contributed by atoms with Crippen LogP contribution in [-0.4, -0.2) is 78.4 Å². The number of likely N-dealkylation sites (tertiary alicyclic amines) is 1. The molecule has 2 N–H and O–H groups in total. The largest absolute Gasteiger partial charge is 0.389 e. The molecule has 2 aliphatic heterocycles. The van der Waals surface area contributed by atoms with Crippen LogP contribution in [0, 0.1) is 17.5 Å². The minimum atomic E-state index is -1.48. The molecular weight excluding hydrogens is 457 g/mol. The highest BCUT2D eigenvalue weighted by atomic mass is 19.2. The van der Waals surface area contributed by atoms with E-state index in [1.807, 2.05) is 37.3 Å². The molecule has 0 bridgehead atoms. The lowest BCUT2D eigenvalue weighted by Crippen LogP contribution is -2.57. The van der Waals surface area contributed by atoms with Gasteiger partial charge in [-0.25, -0.2) is 18.0 Å². The molecule has 2 fully saturated rings. The lowest BCUT2D eigenvalue weighted by Gasteiger charge is -2.41. The maximum atomic E-state index is 13.6. The third kappa shape index (κ3) is 6.27. The smallest absolute Gasteiger partial charge is 0.317 e. The van der Waals surface area contributed by atoms with Crippen LogP contribution in [0.4, 0.5) is 23.7 Å². The van der Waals surface area contributed by atoms with Gasteiger partial charge in [0.2, 0.25) is 0 Å². The normalized spacial score (nSPS) is 20.7. The molecule has 2 aromatic carbocycles. The summed E-state index contributed by atoms with van der Waals surface area (Å²) in [7, 11) is 0. The van der Waals surface area contributed by atoms with Crippen LogP contribution < -0.4 is 10.2 Å². The first-order valence-corrected chi connectivity index (χ1v) is 12.2. The maximum Gasteiger partial charge on any atom is 0.317 e. The molecule has 0 unspecified atom stereocenters. The topological polar surface area (TPSA) is 59.0 Å². The third-order valence-electron chi connectivity index (χ3n) is 7.09. The van der Waals surface area contributed by atoms with E-state index in [1.165, 1.54) is 0 Å². The molecule has 35 heavy (non-hydrogen) atoms. The second kappa shape index (κ2) is 10.9. The molecule has 2 saturated heterocycles. The van der Waals surface area contributed by atoms with E-state index in [4.69, 9.17) is 0 Å². The molecule has 0 radical (unpaired) electrons. The standard InChI is InChI=1S/C26H33F3N4O2/c1-19-18-32(21-15-22(27)24(29)23(28)16-21)13-14-33(19)25(34)30-9-12-31-10-7-26(35,8-11-31)17-20-5-3-2-4-6-20/h2-6,15-16,19,35H,7-14,17-18H2,1H3,(H,30,34)/t19-/m1/s1. The molecular formula is C26H33F3N4O2. The van der Waals surface area contributed by atoms with E-state index in [-0.39, 0.29) is 17.8 Å². The quantitative estimate of drug-likeness (QED) is 0.610. The van der Waals surface area contributed by atoms with Crippen LogP contribution >= 0.6 is 0 Å². The number of anilines is 1. The van der Waals surface area contributed by atoms with Gasteiger partial charge in [-0.2, -0.15) is 0 Å². The minimum Gasteiger partial charge on any atom is -0.389 e. The van der Waals surface area contributed by atoms with E-state index < -0.39 is 23.1 Å². The third-order valence-corrected chi connectivity index (χ3v) is 7.09. The minimum absolute atomic E-state index is 0.175. The fraction of sp³-hybridized carbons (Fsp3) is 0.500. The highest BCUT2D eigenvalue weighted by Gasteiger charge is 2.32. The monoisotopic (exact) mass is 490 g/mol. The summed E-state index contributed by atoms with van der Waals surface area (Å²) in [6.45, 7) is 5.81. The summed E-state index contributed by atoms with van der Waals surface area (Å²) >= 11 is 0. The van der Waals surface area contributed by atoms with E-state index in [1.54, 1.807) is 9.80 Å². The predicted molar refractivity (Wildman–Crippen MR) is 129 cm³/mol. The predicted octanol–water partition coefficient (Wildman–Crippen LogP) is 3.39. The van der Waals surface area contributed by atoms with Crippen molar-refractivity contribution in [1.82, 2.24) is 15.1 Å². The van der Waals surface area contributed by atoms with Crippen LogP contribution in [0.5, 0.6) is 0 Å². The van der Waals surface area contributed by atoms with E-state index in [9.17, 15) is 23.1 Å². The van der Waals surface area contributed by atoms with E-state index >= 15 is 0 Å². The van der Waals surface area contributed by atoms with Gasteiger partial charge in [-0.1, -0.05) is 30.3 Å². The zero-order valence-corrected chi connectivity index (χ0v) is 20.0. The molecule has 0 aromatic heterocycles. The molecule has 9 heteroatoms. The Bertz CT molecular complexity index is 992. The SMILES string of the molecule is C[C@@H]1CN(c2cc(F)c(F)c(F)c2)CCN1C(=O)NCCN1CCC(O)(Cc2ccccc2)CC1. The molecule has 2 aromatic rings. The van der Waals surface area contributed by atoms with Gasteiger partial charge in [0.1, 0.15) is 0 Å². The highest BCUT2D eigenvalue weighted by molar-refractivity contribution is 5.75. The lowest BCUT2D eigenvalue weighted by atomic mass is 9.85. The fourth-order valence-corrected chi connectivity index (χ4v) is 4.99. The second-order valence-corrected chi connectivity index (χ2v) is 9.67. The van der Waals surface area contributed by atoms with Crippen molar-refractivity contribution in [3.05, 3.63) is 65.5 Å². The number of nitrogens with one attached hydrogen (secondary N) is 1. The van der Waals surface area contributed by atoms with Crippen LogP contribution in [0.3, 0.4) is 0 Å². The number of rotatable bonds is 6. The van der Waals surface area contributed by atoms with Gasteiger partial charge in [0, 0.05) is 76.1 Å². The summed E-state index contributed by atoms with van der Waals surface area (Å²) in [4.78, 5) is 18.4. The van der Waals surface area contributed by atoms with Gasteiger partial charge < -0.3 is 25.1 Å².